The molecule has 25 heavy (non-hydrogen) atoms. The van der Waals surface area contributed by atoms with E-state index in [0.29, 0.717) is 23.6 Å². The molecular formula is C19H24N2O4. The van der Waals surface area contributed by atoms with Gasteiger partial charge in [-0.3, -0.25) is 4.79 Å². The molecule has 1 fully saturated rings. The molecule has 1 aromatic carbocycles. The molecule has 1 aliphatic heterocycles. The van der Waals surface area contributed by atoms with Crippen molar-refractivity contribution in [1.29, 1.82) is 0 Å². The summed E-state index contributed by atoms with van der Waals surface area (Å²) < 4.78 is 16.2. The van der Waals surface area contributed by atoms with E-state index < -0.39 is 0 Å². The number of carbonyl (C=O) groups excluding carboxylic acids is 1. The summed E-state index contributed by atoms with van der Waals surface area (Å²) in [5.74, 6) is 2.02. The first-order valence-corrected chi connectivity index (χ1v) is 8.55. The fraction of sp³-hybridized carbons (Fsp3) is 0.474. The Labute approximate surface area is 147 Å². The number of carbonyl (C=O) groups is 1. The molecule has 2 aromatic rings. The van der Waals surface area contributed by atoms with E-state index in [9.17, 15) is 4.79 Å². The van der Waals surface area contributed by atoms with Crippen LogP contribution in [-0.4, -0.2) is 36.7 Å². The van der Waals surface area contributed by atoms with E-state index in [1.54, 1.807) is 26.4 Å². The predicted octanol–water partition coefficient (Wildman–Crippen LogP) is 3.79. The highest BCUT2D eigenvalue weighted by Gasteiger charge is 2.35. The fourth-order valence-electron chi connectivity index (χ4n) is 3.26. The molecule has 1 atom stereocenters. The zero-order valence-electron chi connectivity index (χ0n) is 15.1. The summed E-state index contributed by atoms with van der Waals surface area (Å²) in [6.07, 6.45) is 1.80. The van der Waals surface area contributed by atoms with Gasteiger partial charge in [0.05, 0.1) is 20.3 Å². The average molecular weight is 344 g/mol. The zero-order chi connectivity index (χ0) is 18.0. The Bertz CT molecular complexity index is 731. The maximum absolute atomic E-state index is 13.2. The Balaban J connectivity index is 1.93. The molecule has 0 aliphatic carbocycles. The van der Waals surface area contributed by atoms with E-state index >= 15 is 0 Å². The molecule has 1 saturated heterocycles. The first kappa shape index (κ1) is 17.3. The highest BCUT2D eigenvalue weighted by molar-refractivity contribution is 6.00. The molecule has 134 valence electrons. The third-order valence-corrected chi connectivity index (χ3v) is 4.61. The lowest BCUT2D eigenvalue weighted by molar-refractivity contribution is 0.0723. The molecule has 1 amide bonds. The van der Waals surface area contributed by atoms with E-state index in [0.717, 1.165) is 24.3 Å². The van der Waals surface area contributed by atoms with Crippen LogP contribution >= 0.6 is 0 Å². The molecule has 1 aromatic heterocycles. The highest BCUT2D eigenvalue weighted by Crippen LogP contribution is 2.37. The lowest BCUT2D eigenvalue weighted by atomic mass is 10.1. The van der Waals surface area contributed by atoms with Gasteiger partial charge in [0.2, 0.25) is 0 Å². The van der Waals surface area contributed by atoms with Gasteiger partial charge in [-0.1, -0.05) is 25.1 Å². The largest absolute Gasteiger partial charge is 0.496 e. The Morgan fingerprint density at radius 2 is 1.96 bits per heavy atom. The van der Waals surface area contributed by atoms with Gasteiger partial charge in [0.25, 0.3) is 5.91 Å². The van der Waals surface area contributed by atoms with Crippen LogP contribution in [0.3, 0.4) is 0 Å². The van der Waals surface area contributed by atoms with Crippen molar-refractivity contribution in [2.75, 3.05) is 20.8 Å². The van der Waals surface area contributed by atoms with Crippen molar-refractivity contribution in [3.63, 3.8) is 0 Å². The third kappa shape index (κ3) is 3.21. The van der Waals surface area contributed by atoms with Crippen LogP contribution in [0.5, 0.6) is 11.5 Å². The van der Waals surface area contributed by atoms with Crippen LogP contribution in [0.15, 0.2) is 28.8 Å². The molecule has 0 bridgehead atoms. The molecule has 1 aliphatic rings. The van der Waals surface area contributed by atoms with Crippen molar-refractivity contribution in [2.45, 2.75) is 38.6 Å². The number of rotatable bonds is 5. The van der Waals surface area contributed by atoms with Gasteiger partial charge in [-0.25, -0.2) is 0 Å². The average Bonchev–Trinajstić information content (AvgIpc) is 3.28. The van der Waals surface area contributed by atoms with Gasteiger partial charge in [-0.05, 0) is 25.0 Å². The van der Waals surface area contributed by atoms with E-state index in [1.165, 1.54) is 0 Å². The molecule has 0 unspecified atom stereocenters. The maximum atomic E-state index is 13.2. The van der Waals surface area contributed by atoms with Gasteiger partial charge in [0.15, 0.2) is 0 Å². The summed E-state index contributed by atoms with van der Waals surface area (Å²) in [6.45, 7) is 4.79. The van der Waals surface area contributed by atoms with Crippen LogP contribution in [-0.2, 0) is 0 Å². The smallest absolute Gasteiger partial charge is 0.261 e. The standard InChI is InChI=1S/C19H24N2O4/c1-12(2)17-11-13(20-25-17)14-7-6-10-21(14)19(22)18-15(23-3)8-5-9-16(18)24-4/h5,8-9,11-12,14H,6-7,10H2,1-4H3/t14-/m0/s1. The Hall–Kier alpha value is -2.50. The van der Waals surface area contributed by atoms with Gasteiger partial charge in [0.1, 0.15) is 28.5 Å². The van der Waals surface area contributed by atoms with Gasteiger partial charge in [-0.2, -0.15) is 0 Å². The number of aromatic nitrogens is 1. The van der Waals surface area contributed by atoms with Crippen molar-refractivity contribution < 1.29 is 18.8 Å². The molecule has 3 rings (SSSR count). The van der Waals surface area contributed by atoms with Crippen LogP contribution in [0, 0.1) is 0 Å². The number of ether oxygens (including phenoxy) is 2. The van der Waals surface area contributed by atoms with Crippen LogP contribution < -0.4 is 9.47 Å². The van der Waals surface area contributed by atoms with Crippen molar-refractivity contribution in [2.24, 2.45) is 0 Å². The van der Waals surface area contributed by atoms with Crippen molar-refractivity contribution in [3.8, 4) is 11.5 Å². The first-order valence-electron chi connectivity index (χ1n) is 8.55. The molecular weight excluding hydrogens is 320 g/mol. The number of methoxy groups -OCH3 is 2. The quantitative estimate of drug-likeness (QED) is 0.825. The fourth-order valence-corrected chi connectivity index (χ4v) is 3.26. The second kappa shape index (κ2) is 7.17. The molecule has 0 N–H and O–H groups in total. The number of amides is 1. The van der Waals surface area contributed by atoms with Crippen molar-refractivity contribution in [1.82, 2.24) is 10.1 Å². The normalized spacial score (nSPS) is 17.2. The Kier molecular flexibility index (Phi) is 4.97. The van der Waals surface area contributed by atoms with Crippen LogP contribution in [0.2, 0.25) is 0 Å². The number of hydrogen-bond acceptors (Lipinski definition) is 5. The Morgan fingerprint density at radius 3 is 2.52 bits per heavy atom. The summed E-state index contributed by atoms with van der Waals surface area (Å²) in [5.41, 5.74) is 1.26. The van der Waals surface area contributed by atoms with Gasteiger partial charge < -0.3 is 18.9 Å². The molecule has 2 heterocycles. The maximum Gasteiger partial charge on any atom is 0.261 e. The van der Waals surface area contributed by atoms with Gasteiger partial charge in [-0.15, -0.1) is 0 Å². The van der Waals surface area contributed by atoms with E-state index in [1.807, 2.05) is 17.0 Å². The second-order valence-corrected chi connectivity index (χ2v) is 6.50. The minimum absolute atomic E-state index is 0.0848. The number of benzene rings is 1. The minimum Gasteiger partial charge on any atom is -0.496 e. The van der Waals surface area contributed by atoms with Gasteiger partial charge in [0, 0.05) is 18.5 Å². The topological polar surface area (TPSA) is 64.8 Å². The molecule has 0 radical (unpaired) electrons. The van der Waals surface area contributed by atoms with Gasteiger partial charge >= 0.3 is 0 Å². The van der Waals surface area contributed by atoms with E-state index in [-0.39, 0.29) is 17.9 Å². The first-order chi connectivity index (χ1) is 12.1. The zero-order valence-corrected chi connectivity index (χ0v) is 15.1. The minimum atomic E-state index is -0.106. The molecule has 0 saturated carbocycles. The summed E-state index contributed by atoms with van der Waals surface area (Å²) >= 11 is 0. The predicted molar refractivity (Wildman–Crippen MR) is 93.1 cm³/mol. The summed E-state index contributed by atoms with van der Waals surface area (Å²) in [6, 6.07) is 7.23. The Morgan fingerprint density at radius 1 is 1.28 bits per heavy atom. The van der Waals surface area contributed by atoms with Crippen molar-refractivity contribution >= 4 is 5.91 Å². The number of nitrogens with zero attached hydrogens (tertiary/aromatic N) is 2. The van der Waals surface area contributed by atoms with Crippen LogP contribution in [0.25, 0.3) is 0 Å². The van der Waals surface area contributed by atoms with Crippen LogP contribution in [0.1, 0.15) is 60.5 Å². The van der Waals surface area contributed by atoms with E-state index in [4.69, 9.17) is 14.0 Å². The highest BCUT2D eigenvalue weighted by atomic mass is 16.5. The van der Waals surface area contributed by atoms with Crippen molar-refractivity contribution in [3.05, 3.63) is 41.3 Å². The summed E-state index contributed by atoms with van der Waals surface area (Å²) in [4.78, 5) is 15.1. The number of likely N-dealkylation sites (tertiary alicyclic amines) is 1. The third-order valence-electron chi connectivity index (χ3n) is 4.61. The lowest BCUT2D eigenvalue weighted by Crippen LogP contribution is -2.31. The van der Waals surface area contributed by atoms with Crippen LogP contribution in [0.4, 0.5) is 0 Å². The SMILES string of the molecule is COc1cccc(OC)c1C(=O)N1CCC[C@H]1c1cc(C(C)C)on1. The monoisotopic (exact) mass is 344 g/mol. The van der Waals surface area contributed by atoms with E-state index in [2.05, 4.69) is 19.0 Å². The molecule has 6 nitrogen and oxygen atoms in total. The second-order valence-electron chi connectivity index (χ2n) is 6.50. The molecule has 6 heteroatoms. The summed E-state index contributed by atoms with van der Waals surface area (Å²) in [5, 5.41) is 4.20. The lowest BCUT2D eigenvalue weighted by Gasteiger charge is -2.24. The summed E-state index contributed by atoms with van der Waals surface area (Å²) in [7, 11) is 3.11. The number of hydrogen-bond donors (Lipinski definition) is 0. The molecule has 0 spiro atoms.